The van der Waals surface area contributed by atoms with Gasteiger partial charge >= 0.3 is 12.1 Å². The molecule has 6 atom stereocenters. The molecular formula is C27H33N5O6S. The first-order valence-electron chi connectivity index (χ1n) is 12.9. The van der Waals surface area contributed by atoms with Gasteiger partial charge in [0.2, 0.25) is 5.91 Å². The van der Waals surface area contributed by atoms with E-state index in [0.29, 0.717) is 31.6 Å². The normalized spacial score (nSPS) is 26.5. The van der Waals surface area contributed by atoms with Crippen LogP contribution in [0.5, 0.6) is 0 Å². The van der Waals surface area contributed by atoms with E-state index < -0.39 is 24.1 Å². The van der Waals surface area contributed by atoms with Crippen molar-refractivity contribution in [2.24, 2.45) is 11.8 Å². The predicted molar refractivity (Wildman–Crippen MR) is 143 cm³/mol. The standard InChI is InChI=1S/C27H33N5O6S/c1-5-9-37-26(35)23-24(16(3)22-21(17(4)33)25(34)32(22)23)39-20-11-19(31(14-20)27(36)38-10-6-2)7-8-30-13-18(12-28)29-15-30/h5-6,13,15-17,19-22,33H,1-2,7-11,14H2,3-4H3/t16-,17-,19-,20+,21-,22-/m1/s1. The summed E-state index contributed by atoms with van der Waals surface area (Å²) in [6, 6.07) is 1.53. The van der Waals surface area contributed by atoms with Crippen LogP contribution in [-0.2, 0) is 25.6 Å². The minimum absolute atomic E-state index is 0.0113. The number of carbonyl (C=O) groups excluding carboxylic acids is 3. The highest BCUT2D eigenvalue weighted by molar-refractivity contribution is 8.03. The Morgan fingerprint density at radius 3 is 2.69 bits per heavy atom. The first kappa shape index (κ1) is 28.4. The molecule has 0 unspecified atom stereocenters. The molecule has 1 N–H and O–H groups in total. The molecule has 0 bridgehead atoms. The number of hydrogen-bond acceptors (Lipinski definition) is 9. The van der Waals surface area contributed by atoms with Crippen LogP contribution in [0.15, 0.2) is 48.4 Å². The van der Waals surface area contributed by atoms with Crippen LogP contribution in [0.25, 0.3) is 0 Å². The fraction of sp³-hybridized carbons (Fsp3) is 0.519. The first-order valence-corrected chi connectivity index (χ1v) is 13.8. The zero-order chi connectivity index (χ0) is 28.3. The highest BCUT2D eigenvalue weighted by atomic mass is 32.2. The molecule has 0 saturated carbocycles. The zero-order valence-electron chi connectivity index (χ0n) is 22.1. The lowest BCUT2D eigenvalue weighted by molar-refractivity contribution is -0.164. The zero-order valence-corrected chi connectivity index (χ0v) is 22.9. The summed E-state index contributed by atoms with van der Waals surface area (Å²) in [5.74, 6) is -1.67. The molecular weight excluding hydrogens is 522 g/mol. The van der Waals surface area contributed by atoms with Gasteiger partial charge in [-0.25, -0.2) is 14.6 Å². The molecule has 3 aliphatic rings. The van der Waals surface area contributed by atoms with Crippen molar-refractivity contribution in [3.05, 3.63) is 54.1 Å². The van der Waals surface area contributed by atoms with Crippen molar-refractivity contribution in [1.82, 2.24) is 19.4 Å². The number of nitrogens with zero attached hydrogens (tertiary/aromatic N) is 5. The molecule has 1 aromatic heterocycles. The second-order valence-corrected chi connectivity index (χ2v) is 11.2. The van der Waals surface area contributed by atoms with Gasteiger partial charge in [-0.2, -0.15) is 5.26 Å². The fourth-order valence-electron chi connectivity index (χ4n) is 5.56. The number of thioether (sulfide) groups is 1. The second-order valence-electron chi connectivity index (χ2n) is 9.90. The van der Waals surface area contributed by atoms with Gasteiger partial charge in [0.15, 0.2) is 5.69 Å². The van der Waals surface area contributed by atoms with Gasteiger partial charge in [-0.3, -0.25) is 4.79 Å². The van der Waals surface area contributed by atoms with E-state index in [4.69, 9.17) is 14.7 Å². The molecule has 4 heterocycles. The highest BCUT2D eigenvalue weighted by Gasteiger charge is 2.60. The number of aromatic nitrogens is 2. The van der Waals surface area contributed by atoms with Gasteiger partial charge < -0.3 is 28.9 Å². The smallest absolute Gasteiger partial charge is 0.410 e. The molecule has 208 valence electrons. The molecule has 3 aliphatic heterocycles. The molecule has 4 rings (SSSR count). The number of carbonyl (C=O) groups is 3. The predicted octanol–water partition coefficient (Wildman–Crippen LogP) is 2.44. The summed E-state index contributed by atoms with van der Waals surface area (Å²) < 4.78 is 12.5. The van der Waals surface area contributed by atoms with E-state index >= 15 is 0 Å². The molecule has 0 aromatic carbocycles. The molecule has 0 spiro atoms. The largest absolute Gasteiger partial charge is 0.457 e. The Morgan fingerprint density at radius 1 is 1.33 bits per heavy atom. The number of esters is 1. The Balaban J connectivity index is 1.55. The number of amides is 2. The van der Waals surface area contributed by atoms with Crippen LogP contribution in [0, 0.1) is 23.2 Å². The van der Waals surface area contributed by atoms with Gasteiger partial charge in [0.1, 0.15) is 25.0 Å². The number of likely N-dealkylation sites (tertiary alicyclic amines) is 1. The van der Waals surface area contributed by atoms with Crippen LogP contribution in [0.2, 0.25) is 0 Å². The van der Waals surface area contributed by atoms with Gasteiger partial charge in [-0.15, -0.1) is 11.8 Å². The molecule has 2 saturated heterocycles. The summed E-state index contributed by atoms with van der Waals surface area (Å²) >= 11 is 1.48. The van der Waals surface area contributed by atoms with E-state index in [1.807, 2.05) is 17.6 Å². The summed E-state index contributed by atoms with van der Waals surface area (Å²) in [6.07, 6.45) is 6.19. The third-order valence-electron chi connectivity index (χ3n) is 7.33. The number of hydrogen-bond donors (Lipinski definition) is 1. The Hall–Kier alpha value is -3.56. The summed E-state index contributed by atoms with van der Waals surface area (Å²) in [5, 5.41) is 19.2. The highest BCUT2D eigenvalue weighted by Crippen LogP contribution is 2.52. The summed E-state index contributed by atoms with van der Waals surface area (Å²) in [6.45, 7) is 11.8. The quantitative estimate of drug-likeness (QED) is 0.248. The van der Waals surface area contributed by atoms with Crippen molar-refractivity contribution in [1.29, 1.82) is 5.26 Å². The van der Waals surface area contributed by atoms with Crippen LogP contribution in [-0.4, -0.2) is 85.6 Å². The Labute approximate surface area is 231 Å². The Morgan fingerprint density at radius 2 is 2.05 bits per heavy atom. The van der Waals surface area contributed by atoms with E-state index in [-0.39, 0.29) is 48.1 Å². The molecule has 12 heteroatoms. The van der Waals surface area contributed by atoms with E-state index in [2.05, 4.69) is 18.1 Å². The third-order valence-corrected chi connectivity index (χ3v) is 8.83. The van der Waals surface area contributed by atoms with Gasteiger partial charge in [0.05, 0.1) is 24.4 Å². The number of fused-ring (bicyclic) bond motifs is 1. The number of β-lactam (4-membered cyclic amide) rings is 1. The van der Waals surface area contributed by atoms with Crippen molar-refractivity contribution < 1.29 is 29.0 Å². The van der Waals surface area contributed by atoms with E-state index in [0.717, 1.165) is 4.91 Å². The van der Waals surface area contributed by atoms with Crippen molar-refractivity contribution in [3.63, 3.8) is 0 Å². The number of aliphatic hydroxyl groups excluding tert-OH is 1. The van der Waals surface area contributed by atoms with Gasteiger partial charge in [0.25, 0.3) is 0 Å². The number of rotatable bonds is 11. The second kappa shape index (κ2) is 12.1. The average molecular weight is 556 g/mol. The number of nitriles is 1. The monoisotopic (exact) mass is 555 g/mol. The summed E-state index contributed by atoms with van der Waals surface area (Å²) in [7, 11) is 0. The SMILES string of the molecule is C=CCOC(=O)C1=C(S[C@H]2C[C@@H](CCn3cnc(C#N)c3)N(C(=O)OCC=C)C2)[C@H](C)[C@@H]2[C@@H]([C@@H](C)O)C(=O)N12. The lowest BCUT2D eigenvalue weighted by Gasteiger charge is -2.46. The molecule has 39 heavy (non-hydrogen) atoms. The fourth-order valence-corrected chi connectivity index (χ4v) is 7.12. The Kier molecular flexibility index (Phi) is 8.82. The molecule has 2 fully saturated rings. The molecule has 2 amide bonds. The van der Waals surface area contributed by atoms with Crippen molar-refractivity contribution in [2.75, 3.05) is 19.8 Å². The van der Waals surface area contributed by atoms with E-state index in [9.17, 15) is 19.5 Å². The summed E-state index contributed by atoms with van der Waals surface area (Å²) in [4.78, 5) is 46.8. The molecule has 0 radical (unpaired) electrons. The van der Waals surface area contributed by atoms with Crippen molar-refractivity contribution in [3.8, 4) is 6.07 Å². The minimum Gasteiger partial charge on any atom is -0.457 e. The average Bonchev–Trinajstić information content (AvgIpc) is 3.60. The lowest BCUT2D eigenvalue weighted by atomic mass is 9.79. The number of aryl methyl sites for hydroxylation is 1. The van der Waals surface area contributed by atoms with Crippen molar-refractivity contribution in [2.45, 2.75) is 56.7 Å². The Bertz CT molecular complexity index is 1220. The van der Waals surface area contributed by atoms with Gasteiger partial charge in [0, 0.05) is 41.4 Å². The van der Waals surface area contributed by atoms with Crippen LogP contribution < -0.4 is 0 Å². The van der Waals surface area contributed by atoms with Crippen LogP contribution in [0.4, 0.5) is 4.79 Å². The van der Waals surface area contributed by atoms with E-state index in [1.165, 1.54) is 28.8 Å². The number of ether oxygens (including phenoxy) is 2. The van der Waals surface area contributed by atoms with E-state index in [1.54, 1.807) is 24.3 Å². The first-order chi connectivity index (χ1) is 18.7. The number of aliphatic hydroxyl groups is 1. The molecule has 11 nitrogen and oxygen atoms in total. The maximum Gasteiger partial charge on any atom is 0.410 e. The van der Waals surface area contributed by atoms with Gasteiger partial charge in [-0.05, 0) is 19.8 Å². The van der Waals surface area contributed by atoms with Gasteiger partial charge in [-0.1, -0.05) is 32.2 Å². The minimum atomic E-state index is -0.841. The topological polar surface area (TPSA) is 138 Å². The molecule has 0 aliphatic carbocycles. The van der Waals surface area contributed by atoms with Crippen LogP contribution >= 0.6 is 11.8 Å². The third kappa shape index (κ3) is 5.60. The van der Waals surface area contributed by atoms with Crippen LogP contribution in [0.3, 0.4) is 0 Å². The summed E-state index contributed by atoms with van der Waals surface area (Å²) in [5.41, 5.74) is 0.540. The lowest BCUT2D eigenvalue weighted by Crippen LogP contribution is -2.63. The number of imidazole rings is 1. The maximum absolute atomic E-state index is 13.1. The maximum atomic E-state index is 13.1. The van der Waals surface area contributed by atoms with Crippen molar-refractivity contribution >= 4 is 29.7 Å². The van der Waals surface area contributed by atoms with Crippen LogP contribution in [0.1, 0.15) is 32.4 Å². The molecule has 1 aromatic rings.